The summed E-state index contributed by atoms with van der Waals surface area (Å²) in [5.41, 5.74) is 4.96. The van der Waals surface area contributed by atoms with Crippen LogP contribution in [-0.2, 0) is 11.2 Å². The van der Waals surface area contributed by atoms with Gasteiger partial charge in [-0.2, -0.15) is 0 Å². The van der Waals surface area contributed by atoms with Gasteiger partial charge in [0.1, 0.15) is 5.75 Å². The molecule has 1 aromatic rings. The highest BCUT2D eigenvalue weighted by molar-refractivity contribution is 5.69. The number of benzene rings is 1. The normalized spacial score (nSPS) is 11.2. The van der Waals surface area contributed by atoms with Crippen LogP contribution in [0.3, 0.4) is 0 Å². The number of aryl methyl sites for hydroxylation is 1. The second-order valence-electron chi connectivity index (χ2n) is 5.78. The Morgan fingerprint density at radius 3 is 2.48 bits per heavy atom. The number of carbonyl (C=O) groups excluding carboxylic acids is 1. The molecule has 0 saturated carbocycles. The summed E-state index contributed by atoms with van der Waals surface area (Å²) < 4.78 is 5.27. The number of hydrogen-bond donors (Lipinski definition) is 0. The molecule has 0 bridgehead atoms. The third kappa shape index (κ3) is 6.94. The Morgan fingerprint density at radius 1 is 1.14 bits per heavy atom. The van der Waals surface area contributed by atoms with E-state index in [1.54, 1.807) is 0 Å². The van der Waals surface area contributed by atoms with Crippen molar-refractivity contribution in [3.8, 4) is 5.75 Å². The molecule has 0 amide bonds. The Bertz CT molecular complexity index is 547. The maximum Gasteiger partial charge on any atom is 0.308 e. The van der Waals surface area contributed by atoms with Gasteiger partial charge in [0.15, 0.2) is 0 Å². The summed E-state index contributed by atoms with van der Waals surface area (Å²) in [7, 11) is 0. The summed E-state index contributed by atoms with van der Waals surface area (Å²) in [5.74, 6) is 0.394. The summed E-state index contributed by atoms with van der Waals surface area (Å²) in [6.45, 7) is 9.88. The van der Waals surface area contributed by atoms with Crippen LogP contribution in [0.15, 0.2) is 41.5 Å². The third-order valence-electron chi connectivity index (χ3n) is 3.23. The van der Waals surface area contributed by atoms with Crippen LogP contribution in [0.4, 0.5) is 0 Å². The van der Waals surface area contributed by atoms with Gasteiger partial charge < -0.3 is 4.74 Å². The van der Waals surface area contributed by atoms with Gasteiger partial charge in [-0.15, -0.1) is 0 Å². The van der Waals surface area contributed by atoms with Crippen LogP contribution in [-0.4, -0.2) is 5.97 Å². The summed E-state index contributed by atoms with van der Waals surface area (Å²) in [5, 5.41) is 0. The first-order chi connectivity index (χ1) is 9.88. The van der Waals surface area contributed by atoms with Gasteiger partial charge in [0.25, 0.3) is 0 Å². The minimum Gasteiger partial charge on any atom is -0.426 e. The van der Waals surface area contributed by atoms with Crippen molar-refractivity contribution in [2.75, 3.05) is 0 Å². The van der Waals surface area contributed by atoms with E-state index in [-0.39, 0.29) is 5.97 Å². The van der Waals surface area contributed by atoms with Crippen LogP contribution in [0.5, 0.6) is 5.75 Å². The fraction of sp³-hybridized carbons (Fsp3) is 0.421. The summed E-state index contributed by atoms with van der Waals surface area (Å²) in [4.78, 5) is 11.1. The highest BCUT2D eigenvalue weighted by atomic mass is 16.5. The Labute approximate surface area is 128 Å². The average molecular weight is 286 g/mol. The minimum absolute atomic E-state index is 0.274. The zero-order valence-corrected chi connectivity index (χ0v) is 13.8. The predicted octanol–water partition coefficient (Wildman–Crippen LogP) is 5.16. The highest BCUT2D eigenvalue weighted by Gasteiger charge is 2.05. The Kier molecular flexibility index (Phi) is 6.93. The molecule has 0 aliphatic heterocycles. The highest BCUT2D eigenvalue weighted by Crippen LogP contribution is 2.22. The minimum atomic E-state index is -0.274. The molecule has 0 atom stereocenters. The smallest absolute Gasteiger partial charge is 0.308 e. The van der Waals surface area contributed by atoms with E-state index in [0.717, 1.165) is 24.8 Å². The summed E-state index contributed by atoms with van der Waals surface area (Å²) >= 11 is 0. The monoisotopic (exact) mass is 286 g/mol. The largest absolute Gasteiger partial charge is 0.426 e. The lowest BCUT2D eigenvalue weighted by molar-refractivity contribution is -0.131. The standard InChI is InChI=1S/C19H26O2/c1-14(2)7-6-8-15(3)9-11-18-13-16(4)10-12-19(18)21-17(5)20/h7,9-10,12-13H,6,8,11H2,1-5H3/b15-9+. The van der Waals surface area contributed by atoms with Crippen molar-refractivity contribution in [2.45, 2.75) is 53.9 Å². The van der Waals surface area contributed by atoms with E-state index >= 15 is 0 Å². The molecule has 0 N–H and O–H groups in total. The molecule has 1 rings (SSSR count). The molecular formula is C19H26O2. The van der Waals surface area contributed by atoms with Crippen LogP contribution in [0.2, 0.25) is 0 Å². The van der Waals surface area contributed by atoms with Crippen LogP contribution in [0.1, 0.15) is 51.7 Å². The van der Waals surface area contributed by atoms with Gasteiger partial charge in [-0.05, 0) is 58.6 Å². The number of ether oxygens (including phenoxy) is 1. The molecule has 0 radical (unpaired) electrons. The first-order valence-corrected chi connectivity index (χ1v) is 7.45. The lowest BCUT2D eigenvalue weighted by Crippen LogP contribution is -2.04. The molecule has 0 saturated heterocycles. The molecule has 1 aromatic carbocycles. The van der Waals surface area contributed by atoms with Crippen molar-refractivity contribution in [1.82, 2.24) is 0 Å². The molecule has 2 nitrogen and oxygen atoms in total. The molecule has 114 valence electrons. The maximum absolute atomic E-state index is 11.1. The van der Waals surface area contributed by atoms with Gasteiger partial charge in [0.05, 0.1) is 0 Å². The van der Waals surface area contributed by atoms with Crippen molar-refractivity contribution < 1.29 is 9.53 Å². The molecule has 0 aliphatic rings. The second kappa shape index (κ2) is 8.46. The van der Waals surface area contributed by atoms with Gasteiger partial charge in [-0.25, -0.2) is 0 Å². The van der Waals surface area contributed by atoms with Gasteiger partial charge in [0, 0.05) is 6.92 Å². The topological polar surface area (TPSA) is 26.3 Å². The van der Waals surface area contributed by atoms with E-state index in [4.69, 9.17) is 4.74 Å². The van der Waals surface area contributed by atoms with E-state index in [0.29, 0.717) is 5.75 Å². The summed E-state index contributed by atoms with van der Waals surface area (Å²) in [6, 6.07) is 5.92. The lowest BCUT2D eigenvalue weighted by atomic mass is 10.0. The van der Waals surface area contributed by atoms with Gasteiger partial charge >= 0.3 is 5.97 Å². The van der Waals surface area contributed by atoms with Crippen LogP contribution >= 0.6 is 0 Å². The molecule has 0 aliphatic carbocycles. The van der Waals surface area contributed by atoms with Crippen LogP contribution in [0.25, 0.3) is 0 Å². The molecule has 0 aromatic heterocycles. The lowest BCUT2D eigenvalue weighted by Gasteiger charge is -2.09. The number of carbonyl (C=O) groups is 1. The number of hydrogen-bond acceptors (Lipinski definition) is 2. The predicted molar refractivity (Wildman–Crippen MR) is 88.6 cm³/mol. The van der Waals surface area contributed by atoms with E-state index < -0.39 is 0 Å². The Balaban J connectivity index is 2.74. The molecule has 2 heteroatoms. The average Bonchev–Trinajstić information content (AvgIpc) is 2.38. The second-order valence-corrected chi connectivity index (χ2v) is 5.78. The number of allylic oxidation sites excluding steroid dienone is 4. The number of rotatable bonds is 6. The van der Waals surface area contributed by atoms with Gasteiger partial charge in [-0.1, -0.05) is 41.0 Å². The van der Waals surface area contributed by atoms with Crippen LogP contribution in [0, 0.1) is 6.92 Å². The third-order valence-corrected chi connectivity index (χ3v) is 3.23. The van der Waals surface area contributed by atoms with Crippen molar-refractivity contribution in [2.24, 2.45) is 0 Å². The Hall–Kier alpha value is -1.83. The van der Waals surface area contributed by atoms with E-state index in [1.807, 2.05) is 19.1 Å². The molecular weight excluding hydrogens is 260 g/mol. The zero-order valence-electron chi connectivity index (χ0n) is 13.8. The van der Waals surface area contributed by atoms with Gasteiger partial charge in [0.2, 0.25) is 0 Å². The van der Waals surface area contributed by atoms with Crippen molar-refractivity contribution >= 4 is 5.97 Å². The quantitative estimate of drug-likeness (QED) is 0.410. The van der Waals surface area contributed by atoms with Crippen LogP contribution < -0.4 is 4.74 Å². The fourth-order valence-corrected chi connectivity index (χ4v) is 2.10. The molecule has 0 heterocycles. The van der Waals surface area contributed by atoms with Crippen molar-refractivity contribution in [3.05, 3.63) is 52.6 Å². The summed E-state index contributed by atoms with van der Waals surface area (Å²) in [6.07, 6.45) is 7.43. The molecule has 0 fully saturated rings. The Morgan fingerprint density at radius 2 is 1.86 bits per heavy atom. The fourth-order valence-electron chi connectivity index (χ4n) is 2.10. The number of esters is 1. The SMILES string of the molecule is CC(=O)Oc1ccc(C)cc1C/C=C(\C)CCC=C(C)C. The van der Waals surface area contributed by atoms with Crippen molar-refractivity contribution in [1.29, 1.82) is 0 Å². The molecule has 21 heavy (non-hydrogen) atoms. The van der Waals surface area contributed by atoms with E-state index in [9.17, 15) is 4.79 Å². The van der Waals surface area contributed by atoms with E-state index in [2.05, 4.69) is 39.0 Å². The molecule has 0 unspecified atom stereocenters. The van der Waals surface area contributed by atoms with E-state index in [1.165, 1.54) is 23.6 Å². The zero-order chi connectivity index (χ0) is 15.8. The first-order valence-electron chi connectivity index (χ1n) is 7.45. The maximum atomic E-state index is 11.1. The van der Waals surface area contributed by atoms with Gasteiger partial charge in [-0.3, -0.25) is 4.79 Å². The first kappa shape index (κ1) is 17.2. The van der Waals surface area contributed by atoms with Crippen molar-refractivity contribution in [3.63, 3.8) is 0 Å². The molecule has 0 spiro atoms.